The van der Waals surface area contributed by atoms with Crippen LogP contribution in [-0.4, -0.2) is 24.5 Å². The molecule has 0 aromatic heterocycles. The summed E-state index contributed by atoms with van der Waals surface area (Å²) in [6, 6.07) is 8.77. The third-order valence-corrected chi connectivity index (χ3v) is 3.81. The fourth-order valence-corrected chi connectivity index (χ4v) is 2.66. The Morgan fingerprint density at radius 2 is 2.05 bits per heavy atom. The van der Waals surface area contributed by atoms with Crippen LogP contribution in [-0.2, 0) is 11.3 Å². The lowest BCUT2D eigenvalue weighted by Gasteiger charge is -2.35. The van der Waals surface area contributed by atoms with Crippen LogP contribution in [0, 0.1) is 0 Å². The average molecular weight is 275 g/mol. The molecule has 1 fully saturated rings. The molecule has 0 aliphatic carbocycles. The molecule has 1 amide bonds. The molecule has 1 aliphatic rings. The van der Waals surface area contributed by atoms with Gasteiger partial charge in [-0.3, -0.25) is 4.79 Å². The number of hydrogen-bond acceptors (Lipinski definition) is 3. The Morgan fingerprint density at radius 1 is 1.35 bits per heavy atom. The molecule has 1 aliphatic heterocycles. The summed E-state index contributed by atoms with van der Waals surface area (Å²) in [6.07, 6.45) is 3.08. The molecule has 1 atom stereocenters. The van der Waals surface area contributed by atoms with Crippen LogP contribution in [0.4, 0.5) is 5.69 Å². The lowest BCUT2D eigenvalue weighted by atomic mass is 10.0. The lowest BCUT2D eigenvalue weighted by Crippen LogP contribution is -2.47. The third kappa shape index (κ3) is 3.73. The second kappa shape index (κ2) is 6.75. The average Bonchev–Trinajstić information content (AvgIpc) is 2.45. The minimum absolute atomic E-state index is 0.150. The van der Waals surface area contributed by atoms with Crippen molar-refractivity contribution in [2.75, 3.05) is 11.4 Å². The molecule has 3 N–H and O–H groups in total. The van der Waals surface area contributed by atoms with Gasteiger partial charge in [-0.25, -0.2) is 0 Å². The molecular formula is C16H25N3O. The van der Waals surface area contributed by atoms with Crippen molar-refractivity contribution in [1.82, 2.24) is 5.32 Å². The molecule has 1 aromatic carbocycles. The second-order valence-corrected chi connectivity index (χ2v) is 5.81. The van der Waals surface area contributed by atoms with Gasteiger partial charge >= 0.3 is 0 Å². The summed E-state index contributed by atoms with van der Waals surface area (Å²) in [4.78, 5) is 13.7. The summed E-state index contributed by atoms with van der Waals surface area (Å²) in [5.41, 5.74) is 7.87. The molecule has 0 spiro atoms. The maximum Gasteiger partial charge on any atom is 0.240 e. The molecule has 4 nitrogen and oxygen atoms in total. The Labute approximate surface area is 121 Å². The summed E-state index contributed by atoms with van der Waals surface area (Å²) in [7, 11) is 0. The Balaban J connectivity index is 2.06. The molecule has 0 radical (unpaired) electrons. The lowest BCUT2D eigenvalue weighted by molar-refractivity contribution is -0.119. The van der Waals surface area contributed by atoms with Crippen molar-refractivity contribution in [3.05, 3.63) is 29.8 Å². The van der Waals surface area contributed by atoms with Crippen LogP contribution < -0.4 is 16.0 Å². The number of rotatable bonds is 5. The Morgan fingerprint density at radius 3 is 2.65 bits per heavy atom. The second-order valence-electron chi connectivity index (χ2n) is 5.81. The smallest absolute Gasteiger partial charge is 0.240 e. The SMILES string of the molecule is CC(C)NCc1ccc(N2CCCCC2C(N)=O)cc1. The quantitative estimate of drug-likeness (QED) is 0.864. The predicted molar refractivity (Wildman–Crippen MR) is 82.6 cm³/mol. The van der Waals surface area contributed by atoms with Crippen molar-refractivity contribution in [1.29, 1.82) is 0 Å². The minimum atomic E-state index is -0.213. The zero-order valence-electron chi connectivity index (χ0n) is 12.4. The highest BCUT2D eigenvalue weighted by molar-refractivity contribution is 5.83. The van der Waals surface area contributed by atoms with Crippen molar-refractivity contribution in [3.63, 3.8) is 0 Å². The normalized spacial score (nSPS) is 19.4. The monoisotopic (exact) mass is 275 g/mol. The summed E-state index contributed by atoms with van der Waals surface area (Å²) >= 11 is 0. The van der Waals surface area contributed by atoms with E-state index in [1.807, 2.05) is 0 Å². The van der Waals surface area contributed by atoms with Crippen molar-refractivity contribution in [3.8, 4) is 0 Å². The standard InChI is InChI=1S/C16H25N3O/c1-12(2)18-11-13-6-8-14(9-7-13)19-10-4-3-5-15(19)16(17)20/h6-9,12,15,18H,3-5,10-11H2,1-2H3,(H2,17,20). The number of anilines is 1. The Kier molecular flexibility index (Phi) is 5.01. The first-order valence-electron chi connectivity index (χ1n) is 7.46. The van der Waals surface area contributed by atoms with Crippen molar-refractivity contribution in [2.24, 2.45) is 5.73 Å². The van der Waals surface area contributed by atoms with E-state index >= 15 is 0 Å². The number of benzene rings is 1. The van der Waals surface area contributed by atoms with Crippen LogP contribution in [0.2, 0.25) is 0 Å². The van der Waals surface area contributed by atoms with Gasteiger partial charge in [0.2, 0.25) is 5.91 Å². The number of amides is 1. The van der Waals surface area contributed by atoms with Crippen molar-refractivity contribution >= 4 is 11.6 Å². The predicted octanol–water partition coefficient (Wildman–Crippen LogP) is 2.03. The van der Waals surface area contributed by atoms with Crippen molar-refractivity contribution < 1.29 is 4.79 Å². The summed E-state index contributed by atoms with van der Waals surface area (Å²) in [6.45, 7) is 6.06. The van der Waals surface area contributed by atoms with Gasteiger partial charge in [-0.2, -0.15) is 0 Å². The van der Waals surface area contributed by atoms with E-state index < -0.39 is 0 Å². The first kappa shape index (κ1) is 14.9. The topological polar surface area (TPSA) is 58.4 Å². The number of piperidine rings is 1. The molecule has 1 heterocycles. The van der Waals surface area contributed by atoms with Crippen molar-refractivity contribution in [2.45, 2.75) is 51.7 Å². The number of nitrogens with two attached hydrogens (primary N) is 1. The number of primary amides is 1. The highest BCUT2D eigenvalue weighted by atomic mass is 16.1. The van der Waals surface area contributed by atoms with Gasteiger partial charge in [-0.05, 0) is 37.0 Å². The molecule has 1 aromatic rings. The molecule has 1 unspecified atom stereocenters. The molecule has 2 rings (SSSR count). The third-order valence-electron chi connectivity index (χ3n) is 3.81. The van der Waals surface area contributed by atoms with E-state index in [1.54, 1.807) is 0 Å². The highest BCUT2D eigenvalue weighted by Crippen LogP contribution is 2.25. The van der Waals surface area contributed by atoms with E-state index in [-0.39, 0.29) is 11.9 Å². The van der Waals surface area contributed by atoms with Gasteiger partial charge in [0.05, 0.1) is 0 Å². The van der Waals surface area contributed by atoms with Gasteiger partial charge in [-0.15, -0.1) is 0 Å². The zero-order valence-corrected chi connectivity index (χ0v) is 12.4. The fraction of sp³-hybridized carbons (Fsp3) is 0.562. The van der Waals surface area contributed by atoms with Crippen LogP contribution in [0.5, 0.6) is 0 Å². The van der Waals surface area contributed by atoms with Gasteiger partial charge in [0.1, 0.15) is 6.04 Å². The number of carbonyl (C=O) groups is 1. The molecule has 1 saturated heterocycles. The van der Waals surface area contributed by atoms with Gasteiger partial charge < -0.3 is 16.0 Å². The summed E-state index contributed by atoms with van der Waals surface area (Å²) in [5, 5.41) is 3.40. The molecule has 110 valence electrons. The minimum Gasteiger partial charge on any atom is -0.368 e. The van der Waals surface area contributed by atoms with Gasteiger partial charge in [0.25, 0.3) is 0 Å². The maximum absolute atomic E-state index is 11.6. The Bertz CT molecular complexity index is 442. The molecule has 20 heavy (non-hydrogen) atoms. The highest BCUT2D eigenvalue weighted by Gasteiger charge is 2.26. The van der Waals surface area contributed by atoms with Gasteiger partial charge in [0, 0.05) is 24.8 Å². The van der Waals surface area contributed by atoms with Crippen LogP contribution in [0.15, 0.2) is 24.3 Å². The van der Waals surface area contributed by atoms with Crippen LogP contribution in [0.25, 0.3) is 0 Å². The Hall–Kier alpha value is -1.55. The van der Waals surface area contributed by atoms with E-state index in [9.17, 15) is 4.79 Å². The van der Waals surface area contributed by atoms with E-state index in [0.717, 1.165) is 38.0 Å². The molecular weight excluding hydrogens is 250 g/mol. The van der Waals surface area contributed by atoms with E-state index in [4.69, 9.17) is 5.73 Å². The largest absolute Gasteiger partial charge is 0.368 e. The summed E-state index contributed by atoms with van der Waals surface area (Å²) in [5.74, 6) is -0.213. The van der Waals surface area contributed by atoms with E-state index in [0.29, 0.717) is 6.04 Å². The van der Waals surface area contributed by atoms with Crippen LogP contribution in [0.3, 0.4) is 0 Å². The first-order valence-corrected chi connectivity index (χ1v) is 7.46. The van der Waals surface area contributed by atoms with E-state index in [1.165, 1.54) is 5.56 Å². The molecule has 0 bridgehead atoms. The van der Waals surface area contributed by atoms with Gasteiger partial charge in [-0.1, -0.05) is 26.0 Å². The zero-order chi connectivity index (χ0) is 14.5. The molecule has 4 heteroatoms. The molecule has 0 saturated carbocycles. The van der Waals surface area contributed by atoms with E-state index in [2.05, 4.69) is 48.3 Å². The van der Waals surface area contributed by atoms with Crippen LogP contribution in [0.1, 0.15) is 38.7 Å². The number of hydrogen-bond donors (Lipinski definition) is 2. The fourth-order valence-electron chi connectivity index (χ4n) is 2.66. The summed E-state index contributed by atoms with van der Waals surface area (Å²) < 4.78 is 0. The van der Waals surface area contributed by atoms with Gasteiger partial charge in [0.15, 0.2) is 0 Å². The number of nitrogens with zero attached hydrogens (tertiary/aromatic N) is 1. The number of carbonyl (C=O) groups excluding carboxylic acids is 1. The van der Waals surface area contributed by atoms with Crippen LogP contribution >= 0.6 is 0 Å². The first-order chi connectivity index (χ1) is 9.58. The number of nitrogens with one attached hydrogen (secondary N) is 1. The maximum atomic E-state index is 11.6.